The molecule has 0 spiro atoms. The van der Waals surface area contributed by atoms with Crippen LogP contribution in [0.1, 0.15) is 35.9 Å². The highest BCUT2D eigenvalue weighted by Gasteiger charge is 2.26. The lowest BCUT2D eigenvalue weighted by molar-refractivity contribution is 0.631. The van der Waals surface area contributed by atoms with E-state index in [1.807, 2.05) is 18.3 Å². The Morgan fingerprint density at radius 2 is 2.24 bits per heavy atom. The summed E-state index contributed by atoms with van der Waals surface area (Å²) in [6.45, 7) is 5.43. The van der Waals surface area contributed by atoms with E-state index in [0.29, 0.717) is 6.04 Å². The second kappa shape index (κ2) is 6.11. The predicted octanol–water partition coefficient (Wildman–Crippen LogP) is 4.52. The minimum atomic E-state index is 0.199. The monoisotopic (exact) mass is 364 g/mol. The van der Waals surface area contributed by atoms with Crippen LogP contribution in [0.25, 0.3) is 0 Å². The van der Waals surface area contributed by atoms with Crippen LogP contribution in [0.2, 0.25) is 0 Å². The minimum Gasteiger partial charge on any atom is -0.363 e. The van der Waals surface area contributed by atoms with Crippen molar-refractivity contribution >= 4 is 33.0 Å². The van der Waals surface area contributed by atoms with Gasteiger partial charge in [-0.1, -0.05) is 6.07 Å². The molecule has 2 unspecified atom stereocenters. The van der Waals surface area contributed by atoms with Gasteiger partial charge in [-0.25, -0.2) is 0 Å². The number of rotatable bonds is 3. The van der Waals surface area contributed by atoms with E-state index in [0.717, 1.165) is 19.4 Å². The Labute approximate surface area is 139 Å². The molecule has 3 rings (SSSR count). The summed E-state index contributed by atoms with van der Waals surface area (Å²) in [5.41, 5.74) is 9.96. The maximum Gasteiger partial charge on any atom is 0.0525 e. The number of hydrogen-bond acceptors (Lipinski definition) is 3. The summed E-state index contributed by atoms with van der Waals surface area (Å²) >= 11 is 5.64. The van der Waals surface area contributed by atoms with E-state index in [1.54, 1.807) is 4.88 Å². The molecule has 4 heteroatoms. The summed E-state index contributed by atoms with van der Waals surface area (Å²) in [6.07, 6.45) is 2.06. The average molecular weight is 365 g/mol. The molecule has 0 aliphatic carbocycles. The van der Waals surface area contributed by atoms with Crippen LogP contribution in [0.4, 0.5) is 5.69 Å². The molecule has 0 radical (unpaired) electrons. The number of halogens is 1. The van der Waals surface area contributed by atoms with Gasteiger partial charge in [0.15, 0.2) is 0 Å². The van der Waals surface area contributed by atoms with Crippen molar-refractivity contribution in [2.75, 3.05) is 11.4 Å². The highest BCUT2D eigenvalue weighted by Crippen LogP contribution is 2.39. The van der Waals surface area contributed by atoms with Crippen LogP contribution < -0.4 is 10.6 Å². The number of nitrogens with zero attached hydrogens (tertiary/aromatic N) is 1. The number of benzene rings is 1. The molecule has 0 saturated carbocycles. The van der Waals surface area contributed by atoms with Crippen LogP contribution in [-0.4, -0.2) is 12.6 Å². The summed E-state index contributed by atoms with van der Waals surface area (Å²) in [6, 6.07) is 9.57. The molecule has 1 aliphatic rings. The van der Waals surface area contributed by atoms with Gasteiger partial charge in [0, 0.05) is 21.9 Å². The highest BCUT2D eigenvalue weighted by molar-refractivity contribution is 9.10. The molecule has 2 atom stereocenters. The molecule has 0 fully saturated rings. The predicted molar refractivity (Wildman–Crippen MR) is 95.3 cm³/mol. The number of anilines is 1. The molecule has 1 aromatic heterocycles. The van der Waals surface area contributed by atoms with Gasteiger partial charge in [-0.3, -0.25) is 0 Å². The molecule has 0 saturated heterocycles. The number of thiophene rings is 1. The Bertz CT molecular complexity index is 635. The maximum atomic E-state index is 5.89. The Morgan fingerprint density at radius 3 is 2.95 bits per heavy atom. The quantitative estimate of drug-likeness (QED) is 0.866. The van der Waals surface area contributed by atoms with E-state index < -0.39 is 0 Å². The molecule has 1 aromatic carbocycles. The van der Waals surface area contributed by atoms with Gasteiger partial charge in [0.05, 0.1) is 11.7 Å². The van der Waals surface area contributed by atoms with E-state index in [2.05, 4.69) is 57.4 Å². The molecule has 0 bridgehead atoms. The number of hydrogen-bond donors (Lipinski definition) is 1. The summed E-state index contributed by atoms with van der Waals surface area (Å²) < 4.78 is 1.17. The van der Waals surface area contributed by atoms with E-state index in [-0.39, 0.29) is 6.04 Å². The summed E-state index contributed by atoms with van der Waals surface area (Å²) in [7, 11) is 0. The topological polar surface area (TPSA) is 29.3 Å². The molecule has 0 amide bonds. The van der Waals surface area contributed by atoms with Crippen molar-refractivity contribution in [1.29, 1.82) is 0 Å². The SMILES string of the molecule is CC(N)Cc1ccc(N2CCc3sccc3C2C)c(Br)c1. The van der Waals surface area contributed by atoms with E-state index in [1.165, 1.54) is 21.3 Å². The maximum absolute atomic E-state index is 5.89. The van der Waals surface area contributed by atoms with Crippen molar-refractivity contribution < 1.29 is 0 Å². The zero-order chi connectivity index (χ0) is 15.0. The van der Waals surface area contributed by atoms with Crippen LogP contribution in [-0.2, 0) is 12.8 Å². The fraction of sp³-hybridized carbons (Fsp3) is 0.412. The lowest BCUT2D eigenvalue weighted by Gasteiger charge is -2.36. The van der Waals surface area contributed by atoms with E-state index >= 15 is 0 Å². The van der Waals surface area contributed by atoms with E-state index in [9.17, 15) is 0 Å². The van der Waals surface area contributed by atoms with Crippen molar-refractivity contribution in [2.24, 2.45) is 5.73 Å². The first-order valence-electron chi connectivity index (χ1n) is 7.43. The molecule has 2 N–H and O–H groups in total. The molecule has 112 valence electrons. The van der Waals surface area contributed by atoms with E-state index in [4.69, 9.17) is 5.73 Å². The summed E-state index contributed by atoms with van der Waals surface area (Å²) in [4.78, 5) is 4.04. The fourth-order valence-electron chi connectivity index (χ4n) is 3.12. The standard InChI is InChI=1S/C17H21BrN2S/c1-11(19)9-13-3-4-16(15(18)10-13)20-7-5-17-14(12(20)2)6-8-21-17/h3-4,6,8,10-12H,5,7,9,19H2,1-2H3. The molecule has 21 heavy (non-hydrogen) atoms. The Balaban J connectivity index is 1.88. The Hall–Kier alpha value is -0.840. The van der Waals surface area contributed by atoms with Crippen molar-refractivity contribution in [1.82, 2.24) is 0 Å². The average Bonchev–Trinajstić information content (AvgIpc) is 2.89. The molecule has 2 heterocycles. The van der Waals surface area contributed by atoms with Gasteiger partial charge in [-0.2, -0.15) is 0 Å². The molecule has 2 nitrogen and oxygen atoms in total. The van der Waals surface area contributed by atoms with Gasteiger partial charge in [0.2, 0.25) is 0 Å². The largest absolute Gasteiger partial charge is 0.363 e. The molecular weight excluding hydrogens is 344 g/mol. The van der Waals surface area contributed by atoms with Gasteiger partial charge >= 0.3 is 0 Å². The van der Waals surface area contributed by atoms with Crippen LogP contribution >= 0.6 is 27.3 Å². The van der Waals surface area contributed by atoms with Gasteiger partial charge < -0.3 is 10.6 Å². The lowest BCUT2D eigenvalue weighted by Crippen LogP contribution is -2.33. The first kappa shape index (κ1) is 15.1. The fourth-order valence-corrected chi connectivity index (χ4v) is 4.74. The van der Waals surface area contributed by atoms with Crippen LogP contribution in [0, 0.1) is 0 Å². The zero-order valence-corrected chi connectivity index (χ0v) is 14.9. The first-order valence-corrected chi connectivity index (χ1v) is 9.10. The summed E-state index contributed by atoms with van der Waals surface area (Å²) in [5, 5.41) is 2.21. The van der Waals surface area contributed by atoms with Gasteiger partial charge in [-0.05, 0) is 77.3 Å². The number of fused-ring (bicyclic) bond motifs is 1. The smallest absolute Gasteiger partial charge is 0.0525 e. The molecular formula is C17H21BrN2S. The van der Waals surface area contributed by atoms with Crippen LogP contribution in [0.15, 0.2) is 34.1 Å². The van der Waals surface area contributed by atoms with Crippen molar-refractivity contribution in [3.8, 4) is 0 Å². The molecule has 1 aliphatic heterocycles. The Morgan fingerprint density at radius 1 is 1.43 bits per heavy atom. The lowest BCUT2D eigenvalue weighted by atomic mass is 10.00. The van der Waals surface area contributed by atoms with Gasteiger partial charge in [0.1, 0.15) is 0 Å². The third kappa shape index (κ3) is 3.03. The zero-order valence-electron chi connectivity index (χ0n) is 12.5. The van der Waals surface area contributed by atoms with Gasteiger partial charge in [0.25, 0.3) is 0 Å². The number of nitrogens with two attached hydrogens (primary N) is 1. The van der Waals surface area contributed by atoms with Crippen molar-refractivity contribution in [3.63, 3.8) is 0 Å². The first-order chi connectivity index (χ1) is 10.1. The van der Waals surface area contributed by atoms with Gasteiger partial charge in [-0.15, -0.1) is 11.3 Å². The third-order valence-electron chi connectivity index (χ3n) is 4.16. The molecule has 2 aromatic rings. The highest BCUT2D eigenvalue weighted by atomic mass is 79.9. The van der Waals surface area contributed by atoms with Crippen LogP contribution in [0.3, 0.4) is 0 Å². The van der Waals surface area contributed by atoms with Crippen molar-refractivity contribution in [2.45, 2.75) is 38.8 Å². The normalized spacial score (nSPS) is 19.4. The summed E-state index contributed by atoms with van der Waals surface area (Å²) in [5.74, 6) is 0. The second-order valence-electron chi connectivity index (χ2n) is 5.89. The Kier molecular flexibility index (Phi) is 4.38. The van der Waals surface area contributed by atoms with Crippen molar-refractivity contribution in [3.05, 3.63) is 50.1 Å². The minimum absolute atomic E-state index is 0.199. The van der Waals surface area contributed by atoms with Crippen LogP contribution in [0.5, 0.6) is 0 Å². The third-order valence-corrected chi connectivity index (χ3v) is 5.79. The second-order valence-corrected chi connectivity index (χ2v) is 7.74.